The summed E-state index contributed by atoms with van der Waals surface area (Å²) in [5.74, 6) is 2.56. The van der Waals surface area contributed by atoms with E-state index in [9.17, 15) is 4.79 Å². The van der Waals surface area contributed by atoms with Crippen molar-refractivity contribution in [3.05, 3.63) is 24.2 Å². The molecule has 0 spiro atoms. The smallest absolute Gasteiger partial charge is 0.243 e. The van der Waals surface area contributed by atoms with Gasteiger partial charge in [-0.2, -0.15) is 0 Å². The molecule has 0 bridgehead atoms. The molecule has 1 amide bonds. The summed E-state index contributed by atoms with van der Waals surface area (Å²) in [7, 11) is 3.51. The van der Waals surface area contributed by atoms with Gasteiger partial charge in [0.2, 0.25) is 5.91 Å². The molecule has 2 rings (SSSR count). The van der Waals surface area contributed by atoms with E-state index in [1.807, 2.05) is 12.1 Å². The molecule has 6 heteroatoms. The highest BCUT2D eigenvalue weighted by Gasteiger charge is 2.19. The first kappa shape index (κ1) is 17.4. The Balaban J connectivity index is 1.92. The molecule has 2 heterocycles. The molecule has 1 aromatic heterocycles. The number of nitrogens with zero attached hydrogens (tertiary/aromatic N) is 3. The number of aliphatic imine (C=N–C) groups is 1. The molecule has 1 fully saturated rings. The number of amides is 1. The second-order valence-electron chi connectivity index (χ2n) is 6.35. The Hall–Kier alpha value is -1.98. The van der Waals surface area contributed by atoms with E-state index in [4.69, 9.17) is 4.42 Å². The van der Waals surface area contributed by atoms with Crippen molar-refractivity contribution in [1.82, 2.24) is 15.1 Å². The van der Waals surface area contributed by atoms with Gasteiger partial charge in [0.1, 0.15) is 12.3 Å². The van der Waals surface area contributed by atoms with Crippen LogP contribution in [0.1, 0.15) is 25.5 Å². The highest BCUT2D eigenvalue weighted by molar-refractivity contribution is 5.84. The second-order valence-corrected chi connectivity index (χ2v) is 6.35. The summed E-state index contributed by atoms with van der Waals surface area (Å²) < 4.78 is 5.35. The largest absolute Gasteiger partial charge is 0.469 e. The van der Waals surface area contributed by atoms with Gasteiger partial charge in [-0.25, -0.2) is 4.99 Å². The van der Waals surface area contributed by atoms with Crippen LogP contribution in [-0.2, 0) is 11.2 Å². The maximum atomic E-state index is 11.8. The van der Waals surface area contributed by atoms with Crippen LogP contribution in [0.25, 0.3) is 0 Å². The highest BCUT2D eigenvalue weighted by Crippen LogP contribution is 2.16. The number of hydrogen-bond acceptors (Lipinski definition) is 3. The lowest BCUT2D eigenvalue weighted by Gasteiger charge is -2.33. The summed E-state index contributed by atoms with van der Waals surface area (Å²) in [4.78, 5) is 20.1. The van der Waals surface area contributed by atoms with E-state index < -0.39 is 0 Å². The summed E-state index contributed by atoms with van der Waals surface area (Å²) in [5.41, 5.74) is 0. The van der Waals surface area contributed by atoms with E-state index in [-0.39, 0.29) is 12.5 Å². The van der Waals surface area contributed by atoms with Gasteiger partial charge in [0.25, 0.3) is 0 Å². The quantitative estimate of drug-likeness (QED) is 0.661. The Kier molecular flexibility index (Phi) is 6.50. The molecule has 0 aliphatic carbocycles. The van der Waals surface area contributed by atoms with E-state index in [1.54, 1.807) is 25.3 Å². The zero-order valence-corrected chi connectivity index (χ0v) is 14.4. The predicted octanol–water partition coefficient (Wildman–Crippen LogP) is 1.59. The maximum Gasteiger partial charge on any atom is 0.243 e. The highest BCUT2D eigenvalue weighted by atomic mass is 16.3. The minimum absolute atomic E-state index is 0.0145. The Morgan fingerprint density at radius 1 is 1.43 bits per heavy atom. The van der Waals surface area contributed by atoms with Crippen LogP contribution in [-0.4, -0.2) is 61.9 Å². The molecule has 1 saturated heterocycles. The lowest BCUT2D eigenvalue weighted by Crippen LogP contribution is -2.46. The molecule has 1 N–H and O–H groups in total. The molecule has 0 aromatic carbocycles. The van der Waals surface area contributed by atoms with Crippen molar-refractivity contribution in [3.63, 3.8) is 0 Å². The molecule has 1 aliphatic rings. The average molecular weight is 320 g/mol. The van der Waals surface area contributed by atoms with Crippen molar-refractivity contribution in [2.45, 2.75) is 26.2 Å². The van der Waals surface area contributed by atoms with Crippen LogP contribution in [0.5, 0.6) is 0 Å². The van der Waals surface area contributed by atoms with Crippen LogP contribution in [0.4, 0.5) is 0 Å². The topological polar surface area (TPSA) is 61.1 Å². The number of guanidine groups is 1. The number of piperidine rings is 1. The third-order valence-electron chi connectivity index (χ3n) is 4.18. The number of rotatable bonds is 5. The first-order chi connectivity index (χ1) is 11.1. The SMILES string of the molecule is CC1CCN(C(=NCC(=O)N(C)C)NCCc2ccco2)CC1. The van der Waals surface area contributed by atoms with Crippen LogP contribution >= 0.6 is 0 Å². The number of likely N-dealkylation sites (tertiary alicyclic amines) is 1. The van der Waals surface area contributed by atoms with E-state index in [2.05, 4.69) is 22.1 Å². The average Bonchev–Trinajstić information content (AvgIpc) is 3.04. The Morgan fingerprint density at radius 2 is 2.17 bits per heavy atom. The molecule has 1 aliphatic heterocycles. The molecule has 0 radical (unpaired) electrons. The number of hydrogen-bond donors (Lipinski definition) is 1. The minimum atomic E-state index is 0.0145. The number of likely N-dealkylation sites (N-methyl/N-ethyl adjacent to an activating group) is 1. The van der Waals surface area contributed by atoms with Gasteiger partial charge in [0.15, 0.2) is 5.96 Å². The van der Waals surface area contributed by atoms with Gasteiger partial charge in [-0.15, -0.1) is 0 Å². The lowest BCUT2D eigenvalue weighted by atomic mass is 10.00. The van der Waals surface area contributed by atoms with Gasteiger partial charge in [0.05, 0.1) is 6.26 Å². The molecule has 6 nitrogen and oxygen atoms in total. The number of carbonyl (C=O) groups excluding carboxylic acids is 1. The molecule has 0 saturated carbocycles. The fourth-order valence-electron chi connectivity index (χ4n) is 2.52. The Bertz CT molecular complexity index is 503. The van der Waals surface area contributed by atoms with Crippen molar-refractivity contribution >= 4 is 11.9 Å². The van der Waals surface area contributed by atoms with E-state index in [0.717, 1.165) is 43.7 Å². The fourth-order valence-corrected chi connectivity index (χ4v) is 2.52. The fraction of sp³-hybridized carbons (Fsp3) is 0.647. The summed E-state index contributed by atoms with van der Waals surface area (Å²) in [6.45, 7) is 5.19. The summed E-state index contributed by atoms with van der Waals surface area (Å²) in [6.07, 6.45) is 4.82. The summed E-state index contributed by atoms with van der Waals surface area (Å²) in [5, 5.41) is 3.38. The summed E-state index contributed by atoms with van der Waals surface area (Å²) in [6, 6.07) is 3.86. The van der Waals surface area contributed by atoms with E-state index in [1.165, 1.54) is 12.8 Å². The number of nitrogens with one attached hydrogen (secondary N) is 1. The zero-order valence-electron chi connectivity index (χ0n) is 14.4. The van der Waals surface area contributed by atoms with Crippen LogP contribution in [0.3, 0.4) is 0 Å². The number of carbonyl (C=O) groups is 1. The molecule has 0 atom stereocenters. The molecule has 0 unspecified atom stereocenters. The molecule has 23 heavy (non-hydrogen) atoms. The maximum absolute atomic E-state index is 11.8. The van der Waals surface area contributed by atoms with Gasteiger partial charge < -0.3 is 19.5 Å². The van der Waals surface area contributed by atoms with Crippen molar-refractivity contribution in [2.75, 3.05) is 40.3 Å². The Labute approximate surface area is 138 Å². The van der Waals surface area contributed by atoms with Crippen LogP contribution in [0.15, 0.2) is 27.8 Å². The van der Waals surface area contributed by atoms with Crippen LogP contribution in [0.2, 0.25) is 0 Å². The molecule has 128 valence electrons. The number of furan rings is 1. The summed E-state index contributed by atoms with van der Waals surface area (Å²) >= 11 is 0. The zero-order chi connectivity index (χ0) is 16.7. The monoisotopic (exact) mass is 320 g/mol. The van der Waals surface area contributed by atoms with Gasteiger partial charge in [-0.05, 0) is 30.9 Å². The van der Waals surface area contributed by atoms with Gasteiger partial charge >= 0.3 is 0 Å². The first-order valence-corrected chi connectivity index (χ1v) is 8.32. The molecular weight excluding hydrogens is 292 g/mol. The third-order valence-corrected chi connectivity index (χ3v) is 4.18. The van der Waals surface area contributed by atoms with Crippen LogP contribution < -0.4 is 5.32 Å². The van der Waals surface area contributed by atoms with Gasteiger partial charge in [-0.1, -0.05) is 6.92 Å². The van der Waals surface area contributed by atoms with E-state index >= 15 is 0 Å². The first-order valence-electron chi connectivity index (χ1n) is 8.32. The van der Waals surface area contributed by atoms with Gasteiger partial charge in [-0.3, -0.25) is 4.79 Å². The van der Waals surface area contributed by atoms with Crippen molar-refractivity contribution in [2.24, 2.45) is 10.9 Å². The Morgan fingerprint density at radius 3 is 2.78 bits per heavy atom. The van der Waals surface area contributed by atoms with Crippen molar-refractivity contribution in [1.29, 1.82) is 0 Å². The minimum Gasteiger partial charge on any atom is -0.469 e. The van der Waals surface area contributed by atoms with Crippen molar-refractivity contribution < 1.29 is 9.21 Å². The second kappa shape index (κ2) is 8.60. The van der Waals surface area contributed by atoms with Crippen LogP contribution in [0, 0.1) is 5.92 Å². The molecular formula is C17H28N4O2. The van der Waals surface area contributed by atoms with Crippen molar-refractivity contribution in [3.8, 4) is 0 Å². The van der Waals surface area contributed by atoms with E-state index in [0.29, 0.717) is 0 Å². The normalized spacial score (nSPS) is 16.5. The third kappa shape index (κ3) is 5.62. The standard InChI is InChI=1S/C17H28N4O2/c1-14-7-10-21(11-8-14)17(19-13-16(22)20(2)3)18-9-6-15-5-4-12-23-15/h4-5,12,14H,6-11,13H2,1-3H3,(H,18,19). The van der Waals surface area contributed by atoms with Gasteiger partial charge in [0, 0.05) is 40.2 Å². The molecule has 1 aromatic rings. The predicted molar refractivity (Wildman–Crippen MR) is 91.4 cm³/mol. The lowest BCUT2D eigenvalue weighted by molar-refractivity contribution is -0.127.